The normalized spacial score (nSPS) is 23.1. The van der Waals surface area contributed by atoms with E-state index in [4.69, 9.17) is 0 Å². The molecule has 3 nitrogen and oxygen atoms in total. The van der Waals surface area contributed by atoms with E-state index < -0.39 is 0 Å². The van der Waals surface area contributed by atoms with Crippen LogP contribution < -0.4 is 0 Å². The number of rotatable bonds is 1. The number of urea groups is 1. The number of amides is 2. The Kier molecular flexibility index (Phi) is 4.23. The molecule has 14 heavy (non-hydrogen) atoms. The zero-order chi connectivity index (χ0) is 10.6. The van der Waals surface area contributed by atoms with Crippen molar-refractivity contribution in [2.24, 2.45) is 0 Å². The molecule has 1 rings (SSSR count). The van der Waals surface area contributed by atoms with Gasteiger partial charge in [0, 0.05) is 26.2 Å². The van der Waals surface area contributed by atoms with Crippen molar-refractivity contribution >= 4 is 6.03 Å². The van der Waals surface area contributed by atoms with Gasteiger partial charge in [0.2, 0.25) is 0 Å². The second kappa shape index (κ2) is 5.23. The summed E-state index contributed by atoms with van der Waals surface area (Å²) < 4.78 is 0. The van der Waals surface area contributed by atoms with Crippen molar-refractivity contribution in [3.05, 3.63) is 0 Å². The quantitative estimate of drug-likeness (QED) is 0.634. The van der Waals surface area contributed by atoms with Gasteiger partial charge in [0.1, 0.15) is 0 Å². The molecule has 0 aromatic rings. The fourth-order valence-electron chi connectivity index (χ4n) is 1.91. The SMILES string of the molecule is CCN(C)C(=O)N1CCCCCC1C. The fourth-order valence-corrected chi connectivity index (χ4v) is 1.91. The van der Waals surface area contributed by atoms with Crippen molar-refractivity contribution in [1.29, 1.82) is 0 Å². The Bertz CT molecular complexity index is 194. The van der Waals surface area contributed by atoms with E-state index in [0.29, 0.717) is 6.04 Å². The van der Waals surface area contributed by atoms with Gasteiger partial charge in [-0.25, -0.2) is 4.79 Å². The van der Waals surface area contributed by atoms with Crippen molar-refractivity contribution in [3.63, 3.8) is 0 Å². The van der Waals surface area contributed by atoms with Crippen molar-refractivity contribution in [2.45, 2.75) is 45.6 Å². The summed E-state index contributed by atoms with van der Waals surface area (Å²) in [4.78, 5) is 15.8. The van der Waals surface area contributed by atoms with Crippen LogP contribution in [0, 0.1) is 0 Å². The zero-order valence-corrected chi connectivity index (χ0v) is 9.62. The summed E-state index contributed by atoms with van der Waals surface area (Å²) in [5.41, 5.74) is 0. The molecule has 82 valence electrons. The smallest absolute Gasteiger partial charge is 0.319 e. The van der Waals surface area contributed by atoms with E-state index in [2.05, 4.69) is 6.92 Å². The molecule has 0 saturated carbocycles. The molecule has 0 spiro atoms. The average molecular weight is 198 g/mol. The zero-order valence-electron chi connectivity index (χ0n) is 9.62. The number of hydrogen-bond donors (Lipinski definition) is 0. The van der Waals surface area contributed by atoms with Crippen LogP contribution in [-0.2, 0) is 0 Å². The molecule has 1 aliphatic heterocycles. The number of carbonyl (C=O) groups excluding carboxylic acids is 1. The van der Waals surface area contributed by atoms with Gasteiger partial charge >= 0.3 is 6.03 Å². The topological polar surface area (TPSA) is 23.6 Å². The molecule has 1 aliphatic rings. The van der Waals surface area contributed by atoms with Gasteiger partial charge in [-0.3, -0.25) is 0 Å². The second-order valence-corrected chi connectivity index (χ2v) is 4.19. The van der Waals surface area contributed by atoms with Crippen LogP contribution in [0.2, 0.25) is 0 Å². The maximum Gasteiger partial charge on any atom is 0.319 e. The number of likely N-dealkylation sites (tertiary alicyclic amines) is 1. The third kappa shape index (κ3) is 2.63. The van der Waals surface area contributed by atoms with E-state index in [1.165, 1.54) is 12.8 Å². The van der Waals surface area contributed by atoms with E-state index >= 15 is 0 Å². The minimum absolute atomic E-state index is 0.196. The predicted octanol–water partition coefficient (Wildman–Crippen LogP) is 2.32. The van der Waals surface area contributed by atoms with E-state index in [-0.39, 0.29) is 6.03 Å². The van der Waals surface area contributed by atoms with Crippen LogP contribution in [0.15, 0.2) is 0 Å². The van der Waals surface area contributed by atoms with Crippen molar-refractivity contribution in [3.8, 4) is 0 Å². The minimum atomic E-state index is 0.196. The first-order valence-corrected chi connectivity index (χ1v) is 5.68. The van der Waals surface area contributed by atoms with E-state index in [1.54, 1.807) is 4.90 Å². The maximum absolute atomic E-state index is 11.9. The molecule has 0 aromatic carbocycles. The summed E-state index contributed by atoms with van der Waals surface area (Å²) in [7, 11) is 1.87. The van der Waals surface area contributed by atoms with Gasteiger partial charge in [-0.05, 0) is 26.7 Å². The van der Waals surface area contributed by atoms with Crippen LogP contribution in [0.4, 0.5) is 4.79 Å². The minimum Gasteiger partial charge on any atom is -0.328 e. The van der Waals surface area contributed by atoms with Gasteiger partial charge in [0.05, 0.1) is 0 Å². The third-order valence-corrected chi connectivity index (χ3v) is 3.10. The van der Waals surface area contributed by atoms with Crippen LogP contribution in [-0.4, -0.2) is 42.0 Å². The first kappa shape index (κ1) is 11.3. The lowest BCUT2D eigenvalue weighted by Crippen LogP contribution is -2.45. The lowest BCUT2D eigenvalue weighted by Gasteiger charge is -2.31. The lowest BCUT2D eigenvalue weighted by atomic mass is 10.1. The molecule has 1 saturated heterocycles. The first-order chi connectivity index (χ1) is 6.66. The van der Waals surface area contributed by atoms with Gasteiger partial charge in [0.25, 0.3) is 0 Å². The molecule has 1 atom stereocenters. The molecular formula is C11H22N2O. The molecule has 3 heteroatoms. The Morgan fingerprint density at radius 3 is 2.79 bits per heavy atom. The maximum atomic E-state index is 11.9. The molecule has 2 amide bonds. The van der Waals surface area contributed by atoms with Crippen molar-refractivity contribution < 1.29 is 4.79 Å². The first-order valence-electron chi connectivity index (χ1n) is 5.68. The highest BCUT2D eigenvalue weighted by Gasteiger charge is 2.23. The molecule has 1 heterocycles. The fraction of sp³-hybridized carbons (Fsp3) is 0.909. The van der Waals surface area contributed by atoms with E-state index in [9.17, 15) is 4.79 Å². The van der Waals surface area contributed by atoms with Gasteiger partial charge in [0.15, 0.2) is 0 Å². The summed E-state index contributed by atoms with van der Waals surface area (Å²) in [6.45, 7) is 5.90. The van der Waals surface area contributed by atoms with Crippen LogP contribution in [0.3, 0.4) is 0 Å². The van der Waals surface area contributed by atoms with Crippen molar-refractivity contribution in [1.82, 2.24) is 9.80 Å². The molecule has 0 bridgehead atoms. The Labute approximate surface area is 87.1 Å². The Morgan fingerprint density at radius 1 is 1.43 bits per heavy atom. The van der Waals surface area contributed by atoms with Crippen LogP contribution in [0.5, 0.6) is 0 Å². The Balaban J connectivity index is 2.58. The summed E-state index contributed by atoms with van der Waals surface area (Å²) in [6, 6.07) is 0.612. The molecular weight excluding hydrogens is 176 g/mol. The van der Waals surface area contributed by atoms with Crippen molar-refractivity contribution in [2.75, 3.05) is 20.1 Å². The number of nitrogens with zero attached hydrogens (tertiary/aromatic N) is 2. The third-order valence-electron chi connectivity index (χ3n) is 3.10. The van der Waals surface area contributed by atoms with E-state index in [0.717, 1.165) is 25.9 Å². The van der Waals surface area contributed by atoms with E-state index in [1.807, 2.05) is 18.9 Å². The van der Waals surface area contributed by atoms with Gasteiger partial charge in [-0.15, -0.1) is 0 Å². The van der Waals surface area contributed by atoms with Crippen LogP contribution in [0.25, 0.3) is 0 Å². The summed E-state index contributed by atoms with van der Waals surface area (Å²) in [5, 5.41) is 0. The summed E-state index contributed by atoms with van der Waals surface area (Å²) >= 11 is 0. The predicted molar refractivity (Wildman–Crippen MR) is 58.3 cm³/mol. The van der Waals surface area contributed by atoms with Crippen LogP contribution in [0.1, 0.15) is 39.5 Å². The second-order valence-electron chi connectivity index (χ2n) is 4.19. The largest absolute Gasteiger partial charge is 0.328 e. The highest BCUT2D eigenvalue weighted by Crippen LogP contribution is 2.17. The molecule has 1 unspecified atom stereocenters. The summed E-state index contributed by atoms with van der Waals surface area (Å²) in [5.74, 6) is 0. The number of hydrogen-bond acceptors (Lipinski definition) is 1. The molecule has 1 fully saturated rings. The Morgan fingerprint density at radius 2 is 2.14 bits per heavy atom. The van der Waals surface area contributed by atoms with Gasteiger partial charge in [-0.2, -0.15) is 0 Å². The molecule has 0 radical (unpaired) electrons. The Hall–Kier alpha value is -0.730. The highest BCUT2D eigenvalue weighted by atomic mass is 16.2. The standard InChI is InChI=1S/C11H22N2O/c1-4-12(3)11(14)13-9-7-5-6-8-10(13)2/h10H,4-9H2,1-3H3. The highest BCUT2D eigenvalue weighted by molar-refractivity contribution is 5.74. The lowest BCUT2D eigenvalue weighted by molar-refractivity contribution is 0.149. The monoisotopic (exact) mass is 198 g/mol. The number of carbonyl (C=O) groups is 1. The molecule has 0 aliphatic carbocycles. The molecule has 0 N–H and O–H groups in total. The van der Waals surface area contributed by atoms with Gasteiger partial charge in [-0.1, -0.05) is 12.8 Å². The van der Waals surface area contributed by atoms with Crippen LogP contribution >= 0.6 is 0 Å². The summed E-state index contributed by atoms with van der Waals surface area (Å²) in [6.07, 6.45) is 4.85. The average Bonchev–Trinajstić information content (AvgIpc) is 2.40. The van der Waals surface area contributed by atoms with Gasteiger partial charge < -0.3 is 9.80 Å². The molecule has 0 aromatic heterocycles.